The molecular formula is C29H25ClF3N3O2. The van der Waals surface area contributed by atoms with Crippen LogP contribution >= 0.6 is 11.6 Å². The van der Waals surface area contributed by atoms with E-state index in [1.165, 1.54) is 25.4 Å². The maximum atomic E-state index is 14.1. The molecule has 5 nitrogen and oxygen atoms in total. The third kappa shape index (κ3) is 6.08. The predicted molar refractivity (Wildman–Crippen MR) is 142 cm³/mol. The van der Waals surface area contributed by atoms with Gasteiger partial charge in [0.1, 0.15) is 11.3 Å². The molecule has 0 unspecified atom stereocenters. The van der Waals surface area contributed by atoms with Crippen molar-refractivity contribution >= 4 is 23.3 Å². The van der Waals surface area contributed by atoms with E-state index in [0.29, 0.717) is 16.4 Å². The number of carbonyl (C=O) groups excluding carboxylic acids is 1. The molecule has 2 N–H and O–H groups in total. The molecule has 0 fully saturated rings. The number of nitrogens with zero attached hydrogens (tertiary/aromatic N) is 1. The van der Waals surface area contributed by atoms with Crippen LogP contribution in [0.1, 0.15) is 27.9 Å². The summed E-state index contributed by atoms with van der Waals surface area (Å²) >= 11 is 6.09. The zero-order valence-corrected chi connectivity index (χ0v) is 21.4. The number of nitrogens with one attached hydrogen (secondary N) is 2. The van der Waals surface area contributed by atoms with Gasteiger partial charge in [0, 0.05) is 18.3 Å². The zero-order valence-electron chi connectivity index (χ0n) is 20.6. The number of pyridine rings is 1. The highest BCUT2D eigenvalue weighted by Gasteiger charge is 2.41. The molecule has 0 aliphatic rings. The number of aryl methyl sites for hydroxylation is 1. The second-order valence-electron chi connectivity index (χ2n) is 8.79. The number of methoxy groups -OCH3 is 1. The fraction of sp³-hybridized carbons (Fsp3) is 0.172. The first-order valence-electron chi connectivity index (χ1n) is 11.7. The van der Waals surface area contributed by atoms with E-state index in [1.54, 1.807) is 30.3 Å². The molecule has 2 amide bonds. The number of amides is 2. The SMILES string of the molecule is COc1ccc([C@@](Cc2ccccc2)(NC(=O)Nc2cccc(C)c2)c2ccc(Cl)cn2)cc1C(F)(F)F. The molecule has 0 saturated carbocycles. The third-order valence-corrected chi connectivity index (χ3v) is 6.30. The minimum Gasteiger partial charge on any atom is -0.496 e. The minimum atomic E-state index is -4.70. The largest absolute Gasteiger partial charge is 0.496 e. The monoisotopic (exact) mass is 539 g/mol. The van der Waals surface area contributed by atoms with Crippen LogP contribution in [0.2, 0.25) is 5.02 Å². The smallest absolute Gasteiger partial charge is 0.419 e. The molecule has 0 saturated heterocycles. The van der Waals surface area contributed by atoms with E-state index in [1.807, 2.05) is 43.3 Å². The molecule has 0 spiro atoms. The molecule has 3 aromatic carbocycles. The van der Waals surface area contributed by atoms with Crippen LogP contribution in [0.5, 0.6) is 5.75 Å². The second kappa shape index (κ2) is 11.1. The van der Waals surface area contributed by atoms with Crippen molar-refractivity contribution in [1.82, 2.24) is 10.3 Å². The van der Waals surface area contributed by atoms with Gasteiger partial charge in [-0.25, -0.2) is 4.79 Å². The van der Waals surface area contributed by atoms with Crippen molar-refractivity contribution in [3.05, 3.63) is 124 Å². The summed E-state index contributed by atoms with van der Waals surface area (Å²) in [6.45, 7) is 1.89. The number of aromatic nitrogens is 1. The van der Waals surface area contributed by atoms with E-state index < -0.39 is 23.3 Å². The molecular weight excluding hydrogens is 515 g/mol. The Hall–Kier alpha value is -4.04. The normalized spacial score (nSPS) is 12.9. The maximum absolute atomic E-state index is 14.1. The first kappa shape index (κ1) is 27.0. The van der Waals surface area contributed by atoms with Crippen molar-refractivity contribution < 1.29 is 22.7 Å². The van der Waals surface area contributed by atoms with Gasteiger partial charge in [-0.3, -0.25) is 4.98 Å². The van der Waals surface area contributed by atoms with E-state index >= 15 is 0 Å². The lowest BCUT2D eigenvalue weighted by Gasteiger charge is -2.36. The summed E-state index contributed by atoms with van der Waals surface area (Å²) in [5.41, 5.74) is 0.238. The van der Waals surface area contributed by atoms with Gasteiger partial charge in [0.2, 0.25) is 0 Å². The lowest BCUT2D eigenvalue weighted by Crippen LogP contribution is -2.50. The molecule has 1 heterocycles. The van der Waals surface area contributed by atoms with Crippen LogP contribution in [0.4, 0.5) is 23.7 Å². The van der Waals surface area contributed by atoms with E-state index in [4.69, 9.17) is 16.3 Å². The molecule has 4 rings (SSSR count). The van der Waals surface area contributed by atoms with Crippen LogP contribution in [0.3, 0.4) is 0 Å². The van der Waals surface area contributed by atoms with Gasteiger partial charge in [-0.1, -0.05) is 60.1 Å². The number of alkyl halides is 3. The summed E-state index contributed by atoms with van der Waals surface area (Å²) < 4.78 is 47.2. The Morgan fingerprint density at radius 3 is 2.37 bits per heavy atom. The molecule has 0 aliphatic heterocycles. The van der Waals surface area contributed by atoms with Gasteiger partial charge >= 0.3 is 12.2 Å². The fourth-order valence-corrected chi connectivity index (χ4v) is 4.44. The van der Waals surface area contributed by atoms with Crippen LogP contribution in [-0.2, 0) is 18.1 Å². The maximum Gasteiger partial charge on any atom is 0.419 e. The number of carbonyl (C=O) groups is 1. The van der Waals surface area contributed by atoms with Crippen LogP contribution in [0, 0.1) is 6.92 Å². The van der Waals surface area contributed by atoms with Gasteiger partial charge in [-0.15, -0.1) is 0 Å². The topological polar surface area (TPSA) is 63.2 Å². The Morgan fingerprint density at radius 1 is 0.974 bits per heavy atom. The standard InChI is InChI=1S/C29H25ClF3N3O2/c1-19-7-6-10-23(15-19)35-27(37)36-28(17-20-8-4-3-5-9-20,26-14-12-22(30)18-34-26)21-11-13-25(38-2)24(16-21)29(31,32)33/h3-16,18H,17H2,1-2H3,(H2,35,36,37)/t28-/m1/s1. The molecule has 0 bridgehead atoms. The van der Waals surface area contributed by atoms with E-state index in [9.17, 15) is 18.0 Å². The van der Waals surface area contributed by atoms with Crippen molar-refractivity contribution in [2.45, 2.75) is 25.1 Å². The Balaban J connectivity index is 1.91. The van der Waals surface area contributed by atoms with E-state index in [0.717, 1.165) is 17.2 Å². The first-order valence-corrected chi connectivity index (χ1v) is 12.1. The van der Waals surface area contributed by atoms with Crippen molar-refractivity contribution in [1.29, 1.82) is 0 Å². The van der Waals surface area contributed by atoms with Crippen molar-refractivity contribution in [2.24, 2.45) is 0 Å². The molecule has 196 valence electrons. The quantitative estimate of drug-likeness (QED) is 0.257. The molecule has 38 heavy (non-hydrogen) atoms. The number of urea groups is 1. The number of rotatable bonds is 7. The summed E-state index contributed by atoms with van der Waals surface area (Å²) in [5, 5.41) is 6.09. The van der Waals surface area contributed by atoms with Crippen LogP contribution < -0.4 is 15.4 Å². The Labute approximate surface area is 223 Å². The second-order valence-corrected chi connectivity index (χ2v) is 9.23. The van der Waals surface area contributed by atoms with Crippen molar-refractivity contribution in [3.63, 3.8) is 0 Å². The average molecular weight is 540 g/mol. The number of hydrogen-bond donors (Lipinski definition) is 2. The van der Waals surface area contributed by atoms with Crippen molar-refractivity contribution in [2.75, 3.05) is 12.4 Å². The number of ether oxygens (including phenoxy) is 1. The molecule has 0 aliphatic carbocycles. The van der Waals surface area contributed by atoms with Crippen LogP contribution in [-0.4, -0.2) is 18.1 Å². The van der Waals surface area contributed by atoms with Gasteiger partial charge in [0.05, 0.1) is 23.4 Å². The minimum absolute atomic E-state index is 0.104. The highest BCUT2D eigenvalue weighted by molar-refractivity contribution is 6.30. The molecule has 9 heteroatoms. The van der Waals surface area contributed by atoms with E-state index in [-0.39, 0.29) is 17.7 Å². The van der Waals surface area contributed by atoms with Gasteiger partial charge in [0.15, 0.2) is 0 Å². The lowest BCUT2D eigenvalue weighted by molar-refractivity contribution is -0.138. The highest BCUT2D eigenvalue weighted by Crippen LogP contribution is 2.41. The molecule has 4 aromatic rings. The summed E-state index contributed by atoms with van der Waals surface area (Å²) in [5.74, 6) is -0.330. The highest BCUT2D eigenvalue weighted by atomic mass is 35.5. The number of halogens is 4. The Morgan fingerprint density at radius 2 is 1.74 bits per heavy atom. The molecule has 0 radical (unpaired) electrons. The third-order valence-electron chi connectivity index (χ3n) is 6.08. The van der Waals surface area contributed by atoms with Crippen LogP contribution in [0.15, 0.2) is 91.1 Å². The van der Waals surface area contributed by atoms with Gasteiger partial charge < -0.3 is 15.4 Å². The molecule has 1 atom stereocenters. The van der Waals surface area contributed by atoms with Crippen LogP contribution in [0.25, 0.3) is 0 Å². The van der Waals surface area contributed by atoms with Gasteiger partial charge in [-0.05, 0) is 60.0 Å². The predicted octanol–water partition coefficient (Wildman–Crippen LogP) is 7.38. The molecule has 1 aromatic heterocycles. The van der Waals surface area contributed by atoms with Gasteiger partial charge in [0.25, 0.3) is 0 Å². The number of benzene rings is 3. The summed E-state index contributed by atoms with van der Waals surface area (Å²) in [7, 11) is 1.18. The summed E-state index contributed by atoms with van der Waals surface area (Å²) in [6.07, 6.45) is -3.20. The lowest BCUT2D eigenvalue weighted by atomic mass is 9.79. The summed E-state index contributed by atoms with van der Waals surface area (Å²) in [4.78, 5) is 17.9. The first-order chi connectivity index (χ1) is 18.1. The van der Waals surface area contributed by atoms with E-state index in [2.05, 4.69) is 15.6 Å². The number of hydrogen-bond acceptors (Lipinski definition) is 3. The Kier molecular flexibility index (Phi) is 7.92. The summed E-state index contributed by atoms with van der Waals surface area (Å²) in [6, 6.07) is 22.6. The van der Waals surface area contributed by atoms with Crippen molar-refractivity contribution in [3.8, 4) is 5.75 Å². The zero-order chi connectivity index (χ0) is 27.3. The fourth-order valence-electron chi connectivity index (χ4n) is 4.33. The average Bonchev–Trinajstić information content (AvgIpc) is 2.88. The number of anilines is 1. The Bertz CT molecular complexity index is 1410. The van der Waals surface area contributed by atoms with Gasteiger partial charge in [-0.2, -0.15) is 13.2 Å².